The first-order chi connectivity index (χ1) is 12.1. The predicted octanol–water partition coefficient (Wildman–Crippen LogP) is 2.41. The highest BCUT2D eigenvalue weighted by Crippen LogP contribution is 2.21. The van der Waals surface area contributed by atoms with Gasteiger partial charge >= 0.3 is 7.12 Å². The van der Waals surface area contributed by atoms with Crippen molar-refractivity contribution >= 4 is 24.2 Å². The summed E-state index contributed by atoms with van der Waals surface area (Å²) in [6, 6.07) is 22.5. The average Bonchev–Trinajstić information content (AvgIpc) is 2.63. The maximum Gasteiger partial charge on any atom is 0.488 e. The van der Waals surface area contributed by atoms with Crippen LogP contribution in [0.4, 0.5) is 5.69 Å². The summed E-state index contributed by atoms with van der Waals surface area (Å²) in [5.41, 5.74) is 1.42. The van der Waals surface area contributed by atoms with E-state index < -0.39 is 7.12 Å². The van der Waals surface area contributed by atoms with Crippen LogP contribution in [0.3, 0.4) is 0 Å². The molecular weight excluding hydrogens is 317 g/mol. The number of carbonyl (C=O) groups excluding carboxylic acids is 1. The standard InChI is InChI=1S/C19H16BNO4/c22-19(21-16-10-8-15(9-11-16)20(23)24)14-6-12-18(13-7-14)25-17-4-2-1-3-5-17/h1-13,23-24H,(H,21,22). The fourth-order valence-electron chi connectivity index (χ4n) is 2.24. The first kappa shape index (κ1) is 16.8. The van der Waals surface area contributed by atoms with Gasteiger partial charge < -0.3 is 20.1 Å². The van der Waals surface area contributed by atoms with E-state index in [1.165, 1.54) is 12.1 Å². The predicted molar refractivity (Wildman–Crippen MR) is 97.2 cm³/mol. The van der Waals surface area contributed by atoms with Crippen molar-refractivity contribution in [2.45, 2.75) is 0 Å². The molecule has 3 aromatic rings. The van der Waals surface area contributed by atoms with Gasteiger partial charge in [0.25, 0.3) is 5.91 Å². The van der Waals surface area contributed by atoms with Gasteiger partial charge in [0.1, 0.15) is 11.5 Å². The number of nitrogens with one attached hydrogen (secondary N) is 1. The molecule has 0 aliphatic rings. The highest BCUT2D eigenvalue weighted by Gasteiger charge is 2.11. The number of carbonyl (C=O) groups is 1. The monoisotopic (exact) mass is 333 g/mol. The minimum Gasteiger partial charge on any atom is -0.457 e. The third-order valence-corrected chi connectivity index (χ3v) is 3.56. The highest BCUT2D eigenvalue weighted by atomic mass is 16.5. The molecule has 6 heteroatoms. The van der Waals surface area contributed by atoms with Crippen LogP contribution in [0, 0.1) is 0 Å². The molecule has 3 rings (SSSR count). The minimum absolute atomic E-state index is 0.261. The molecule has 1 amide bonds. The van der Waals surface area contributed by atoms with Gasteiger partial charge in [-0.25, -0.2) is 0 Å². The molecule has 0 aliphatic carbocycles. The van der Waals surface area contributed by atoms with E-state index in [1.54, 1.807) is 36.4 Å². The fraction of sp³-hybridized carbons (Fsp3) is 0. The molecule has 0 saturated heterocycles. The van der Waals surface area contributed by atoms with Crippen LogP contribution in [0.2, 0.25) is 0 Å². The maximum atomic E-state index is 12.3. The Bertz CT molecular complexity index is 834. The normalized spacial score (nSPS) is 10.2. The number of anilines is 1. The van der Waals surface area contributed by atoms with E-state index in [9.17, 15) is 4.79 Å². The molecule has 0 atom stereocenters. The van der Waals surface area contributed by atoms with Gasteiger partial charge in [0.05, 0.1) is 0 Å². The van der Waals surface area contributed by atoms with Gasteiger partial charge in [0.2, 0.25) is 0 Å². The van der Waals surface area contributed by atoms with Gasteiger partial charge in [-0.1, -0.05) is 30.3 Å². The Morgan fingerprint density at radius 2 is 1.40 bits per heavy atom. The molecule has 0 aliphatic heterocycles. The second kappa shape index (κ2) is 7.66. The van der Waals surface area contributed by atoms with Crippen LogP contribution in [0.5, 0.6) is 11.5 Å². The maximum absolute atomic E-state index is 12.3. The molecule has 3 N–H and O–H groups in total. The summed E-state index contributed by atoms with van der Waals surface area (Å²) in [7, 11) is -1.53. The lowest BCUT2D eigenvalue weighted by atomic mass is 9.80. The second-order valence-corrected chi connectivity index (χ2v) is 5.39. The third kappa shape index (κ3) is 4.47. The molecule has 0 radical (unpaired) electrons. The summed E-state index contributed by atoms with van der Waals surface area (Å²) in [5, 5.41) is 20.9. The number of hydrogen-bond donors (Lipinski definition) is 3. The van der Waals surface area contributed by atoms with Crippen molar-refractivity contribution in [1.29, 1.82) is 0 Å². The molecule has 0 spiro atoms. The summed E-state index contributed by atoms with van der Waals surface area (Å²) >= 11 is 0. The zero-order chi connectivity index (χ0) is 17.6. The van der Waals surface area contributed by atoms with Crippen molar-refractivity contribution < 1.29 is 19.6 Å². The number of rotatable bonds is 5. The Hall–Kier alpha value is -3.09. The van der Waals surface area contributed by atoms with Crippen LogP contribution in [-0.2, 0) is 0 Å². The Labute approximate surface area is 145 Å². The summed E-state index contributed by atoms with van der Waals surface area (Å²) < 4.78 is 5.69. The van der Waals surface area contributed by atoms with E-state index in [-0.39, 0.29) is 5.91 Å². The largest absolute Gasteiger partial charge is 0.488 e. The van der Waals surface area contributed by atoms with E-state index >= 15 is 0 Å². The van der Waals surface area contributed by atoms with E-state index in [0.717, 1.165) is 5.75 Å². The number of para-hydroxylation sites is 1. The smallest absolute Gasteiger partial charge is 0.457 e. The van der Waals surface area contributed by atoms with Crippen LogP contribution < -0.4 is 15.5 Å². The molecule has 0 fully saturated rings. The average molecular weight is 333 g/mol. The van der Waals surface area contributed by atoms with Crippen molar-refractivity contribution in [3.63, 3.8) is 0 Å². The Morgan fingerprint density at radius 3 is 2.00 bits per heavy atom. The third-order valence-electron chi connectivity index (χ3n) is 3.56. The summed E-state index contributed by atoms with van der Waals surface area (Å²) in [4.78, 5) is 12.3. The van der Waals surface area contributed by atoms with Gasteiger partial charge in [-0.05, 0) is 54.0 Å². The highest BCUT2D eigenvalue weighted by molar-refractivity contribution is 6.58. The van der Waals surface area contributed by atoms with Gasteiger partial charge in [-0.15, -0.1) is 0 Å². The Morgan fingerprint density at radius 1 is 0.800 bits per heavy atom. The topological polar surface area (TPSA) is 78.8 Å². The molecule has 0 saturated carbocycles. The zero-order valence-corrected chi connectivity index (χ0v) is 13.3. The molecular formula is C19H16BNO4. The lowest BCUT2D eigenvalue weighted by molar-refractivity contribution is 0.102. The van der Waals surface area contributed by atoms with Crippen LogP contribution >= 0.6 is 0 Å². The number of ether oxygens (including phenoxy) is 1. The van der Waals surface area contributed by atoms with Gasteiger partial charge in [0.15, 0.2) is 0 Å². The van der Waals surface area contributed by atoms with Crippen molar-refractivity contribution in [1.82, 2.24) is 0 Å². The van der Waals surface area contributed by atoms with Crippen molar-refractivity contribution in [3.8, 4) is 11.5 Å². The van der Waals surface area contributed by atoms with Crippen molar-refractivity contribution in [2.24, 2.45) is 0 Å². The molecule has 5 nitrogen and oxygen atoms in total. The lowest BCUT2D eigenvalue weighted by Crippen LogP contribution is -2.29. The number of hydrogen-bond acceptors (Lipinski definition) is 4. The van der Waals surface area contributed by atoms with Gasteiger partial charge in [-0.3, -0.25) is 4.79 Å². The van der Waals surface area contributed by atoms with Crippen LogP contribution in [0.25, 0.3) is 0 Å². The molecule has 0 aromatic heterocycles. The van der Waals surface area contributed by atoms with Crippen LogP contribution in [0.15, 0.2) is 78.9 Å². The van der Waals surface area contributed by atoms with Gasteiger partial charge in [0, 0.05) is 11.3 Å². The number of benzene rings is 3. The molecule has 124 valence electrons. The van der Waals surface area contributed by atoms with Crippen molar-refractivity contribution in [3.05, 3.63) is 84.4 Å². The summed E-state index contributed by atoms with van der Waals surface area (Å²) in [6.45, 7) is 0. The SMILES string of the molecule is O=C(Nc1ccc(B(O)O)cc1)c1ccc(Oc2ccccc2)cc1. The van der Waals surface area contributed by atoms with E-state index in [4.69, 9.17) is 14.8 Å². The number of amides is 1. The van der Waals surface area contributed by atoms with Crippen LogP contribution in [-0.4, -0.2) is 23.1 Å². The quantitative estimate of drug-likeness (QED) is 0.627. The zero-order valence-electron chi connectivity index (χ0n) is 13.3. The van der Waals surface area contributed by atoms with E-state index in [0.29, 0.717) is 22.5 Å². The Kier molecular flexibility index (Phi) is 5.13. The molecule has 0 heterocycles. The van der Waals surface area contributed by atoms with Crippen molar-refractivity contribution in [2.75, 3.05) is 5.32 Å². The second-order valence-electron chi connectivity index (χ2n) is 5.39. The summed E-state index contributed by atoms with van der Waals surface area (Å²) in [6.07, 6.45) is 0. The van der Waals surface area contributed by atoms with Gasteiger partial charge in [-0.2, -0.15) is 0 Å². The molecule has 0 unspecified atom stereocenters. The fourth-order valence-corrected chi connectivity index (χ4v) is 2.24. The van der Waals surface area contributed by atoms with E-state index in [1.807, 2.05) is 30.3 Å². The van der Waals surface area contributed by atoms with E-state index in [2.05, 4.69) is 5.32 Å². The lowest BCUT2D eigenvalue weighted by Gasteiger charge is -2.08. The minimum atomic E-state index is -1.53. The molecule has 25 heavy (non-hydrogen) atoms. The molecule has 0 bridgehead atoms. The summed E-state index contributed by atoms with van der Waals surface area (Å²) in [5.74, 6) is 1.11. The first-order valence-corrected chi connectivity index (χ1v) is 7.72. The Balaban J connectivity index is 1.64. The van der Waals surface area contributed by atoms with Crippen LogP contribution in [0.1, 0.15) is 10.4 Å². The first-order valence-electron chi connectivity index (χ1n) is 7.72. The molecule has 3 aromatic carbocycles.